The predicted octanol–water partition coefficient (Wildman–Crippen LogP) is 3.31. The molecule has 1 N–H and O–H groups in total. The number of rotatable bonds is 1. The summed E-state index contributed by atoms with van der Waals surface area (Å²) in [6.07, 6.45) is 5.29. The van der Waals surface area contributed by atoms with E-state index < -0.39 is 5.97 Å². The van der Waals surface area contributed by atoms with Crippen LogP contribution in [0.1, 0.15) is 52.9 Å². The standard InChI is InChI=1S/C14H22O2/c1-9-10-4-12(2)6-13(9,3)8-14(5-10,7-12)11(15)16/h9-10H,4-8H2,1-3H3,(H,15,16)/t9-,10+,12+,13+,14+/m0/s1. The molecule has 0 aromatic rings. The number of carboxylic acids is 1. The molecular weight excluding hydrogens is 200 g/mol. The van der Waals surface area contributed by atoms with Crippen molar-refractivity contribution in [2.45, 2.75) is 52.9 Å². The van der Waals surface area contributed by atoms with Crippen molar-refractivity contribution in [3.63, 3.8) is 0 Å². The molecule has 90 valence electrons. The van der Waals surface area contributed by atoms with Gasteiger partial charge in [0.2, 0.25) is 0 Å². The average Bonchev–Trinajstić information content (AvgIpc) is 2.10. The summed E-state index contributed by atoms with van der Waals surface area (Å²) in [5.41, 5.74) is 0.213. The van der Waals surface area contributed by atoms with E-state index in [2.05, 4.69) is 20.8 Å². The molecule has 0 spiro atoms. The molecule has 5 atom stereocenters. The van der Waals surface area contributed by atoms with E-state index in [-0.39, 0.29) is 10.8 Å². The van der Waals surface area contributed by atoms with Crippen LogP contribution >= 0.6 is 0 Å². The maximum Gasteiger partial charge on any atom is 0.309 e. The van der Waals surface area contributed by atoms with Crippen LogP contribution in [0, 0.1) is 28.1 Å². The van der Waals surface area contributed by atoms with Gasteiger partial charge in [-0.25, -0.2) is 0 Å². The van der Waals surface area contributed by atoms with Crippen LogP contribution in [0.4, 0.5) is 0 Å². The second-order valence-corrected chi connectivity index (χ2v) is 7.54. The zero-order valence-electron chi connectivity index (χ0n) is 10.5. The van der Waals surface area contributed by atoms with Crippen LogP contribution in [0.25, 0.3) is 0 Å². The van der Waals surface area contributed by atoms with Gasteiger partial charge in [-0.3, -0.25) is 4.79 Å². The first-order valence-electron chi connectivity index (χ1n) is 6.52. The molecule has 4 saturated carbocycles. The summed E-state index contributed by atoms with van der Waals surface area (Å²) >= 11 is 0. The maximum atomic E-state index is 11.6. The highest BCUT2D eigenvalue weighted by Gasteiger charge is 2.65. The van der Waals surface area contributed by atoms with Gasteiger partial charge >= 0.3 is 5.97 Å². The predicted molar refractivity (Wildman–Crippen MR) is 62.0 cm³/mol. The van der Waals surface area contributed by atoms with Crippen molar-refractivity contribution in [3.8, 4) is 0 Å². The van der Waals surface area contributed by atoms with Gasteiger partial charge in [0, 0.05) is 0 Å². The Morgan fingerprint density at radius 3 is 2.44 bits per heavy atom. The lowest BCUT2D eigenvalue weighted by atomic mass is 9.37. The summed E-state index contributed by atoms with van der Waals surface area (Å²) in [7, 11) is 0. The molecule has 4 aliphatic rings. The number of hydrogen-bond acceptors (Lipinski definition) is 1. The third-order valence-corrected chi connectivity index (χ3v) is 6.01. The van der Waals surface area contributed by atoms with Gasteiger partial charge in [-0.1, -0.05) is 20.8 Å². The van der Waals surface area contributed by atoms with Crippen molar-refractivity contribution < 1.29 is 9.90 Å². The van der Waals surface area contributed by atoms with Crippen molar-refractivity contribution in [1.82, 2.24) is 0 Å². The Kier molecular flexibility index (Phi) is 1.76. The van der Waals surface area contributed by atoms with E-state index >= 15 is 0 Å². The molecule has 2 heteroatoms. The quantitative estimate of drug-likeness (QED) is 0.739. The van der Waals surface area contributed by atoms with Gasteiger partial charge in [-0.05, 0) is 54.8 Å². The lowest BCUT2D eigenvalue weighted by Gasteiger charge is -2.66. The molecule has 0 radical (unpaired) electrons. The Morgan fingerprint density at radius 1 is 1.19 bits per heavy atom. The molecule has 4 aliphatic carbocycles. The summed E-state index contributed by atoms with van der Waals surface area (Å²) in [4.78, 5) is 11.6. The summed E-state index contributed by atoms with van der Waals surface area (Å²) in [5, 5.41) is 9.59. The SMILES string of the molecule is C[C@H]1[C@@H]2C[C@@]3(C)C[C@](C(=O)O)(C2)C[C@@]1(C)C3. The topological polar surface area (TPSA) is 37.3 Å². The Morgan fingerprint density at radius 2 is 1.88 bits per heavy atom. The normalized spacial score (nSPS) is 58.9. The first kappa shape index (κ1) is 10.6. The number of hydrogen-bond donors (Lipinski definition) is 1. The van der Waals surface area contributed by atoms with Crippen LogP contribution in [-0.4, -0.2) is 11.1 Å². The van der Waals surface area contributed by atoms with E-state index in [1.807, 2.05) is 0 Å². The van der Waals surface area contributed by atoms with Gasteiger partial charge in [0.05, 0.1) is 5.41 Å². The minimum absolute atomic E-state index is 0.284. The first-order valence-corrected chi connectivity index (χ1v) is 6.52. The van der Waals surface area contributed by atoms with Gasteiger partial charge in [-0.15, -0.1) is 0 Å². The largest absolute Gasteiger partial charge is 0.481 e. The molecule has 16 heavy (non-hydrogen) atoms. The smallest absolute Gasteiger partial charge is 0.309 e. The van der Waals surface area contributed by atoms with Gasteiger partial charge < -0.3 is 5.11 Å². The lowest BCUT2D eigenvalue weighted by Crippen LogP contribution is -2.61. The van der Waals surface area contributed by atoms with Crippen LogP contribution in [-0.2, 0) is 4.79 Å². The molecule has 0 unspecified atom stereocenters. The van der Waals surface area contributed by atoms with Crippen LogP contribution < -0.4 is 0 Å². The lowest BCUT2D eigenvalue weighted by molar-refractivity contribution is -0.200. The Hall–Kier alpha value is -0.530. The summed E-state index contributed by atoms with van der Waals surface area (Å²) < 4.78 is 0. The molecule has 0 amide bonds. The molecule has 0 saturated heterocycles. The molecule has 0 aliphatic heterocycles. The van der Waals surface area contributed by atoms with Gasteiger partial charge in [0.15, 0.2) is 0 Å². The minimum atomic E-state index is -0.527. The first-order chi connectivity index (χ1) is 7.29. The Bertz CT molecular complexity index is 364. The van der Waals surface area contributed by atoms with E-state index in [0.717, 1.165) is 19.3 Å². The molecule has 0 aromatic carbocycles. The fraction of sp³-hybridized carbons (Fsp3) is 0.929. The van der Waals surface area contributed by atoms with Crippen LogP contribution in [0.15, 0.2) is 0 Å². The summed E-state index contributed by atoms with van der Waals surface area (Å²) in [5.74, 6) is 0.844. The van der Waals surface area contributed by atoms with E-state index in [4.69, 9.17) is 0 Å². The molecular formula is C14H22O2. The molecule has 4 fully saturated rings. The fourth-order valence-corrected chi connectivity index (χ4v) is 5.73. The van der Waals surface area contributed by atoms with Gasteiger partial charge in [-0.2, -0.15) is 0 Å². The molecule has 0 heterocycles. The van der Waals surface area contributed by atoms with E-state index in [0.29, 0.717) is 17.3 Å². The van der Waals surface area contributed by atoms with Crippen molar-refractivity contribution >= 4 is 5.97 Å². The highest BCUT2D eigenvalue weighted by molar-refractivity contribution is 5.75. The molecule has 4 bridgehead atoms. The third kappa shape index (κ3) is 1.11. The second kappa shape index (κ2) is 2.65. The second-order valence-electron chi connectivity index (χ2n) is 7.54. The van der Waals surface area contributed by atoms with E-state index in [1.54, 1.807) is 0 Å². The molecule has 0 aromatic heterocycles. The average molecular weight is 222 g/mol. The monoisotopic (exact) mass is 222 g/mol. The summed E-state index contributed by atoms with van der Waals surface area (Å²) in [6, 6.07) is 0. The van der Waals surface area contributed by atoms with Crippen LogP contribution in [0.2, 0.25) is 0 Å². The number of aliphatic carboxylic acids is 1. The van der Waals surface area contributed by atoms with Gasteiger partial charge in [0.1, 0.15) is 0 Å². The van der Waals surface area contributed by atoms with Crippen LogP contribution in [0.3, 0.4) is 0 Å². The fourth-order valence-electron chi connectivity index (χ4n) is 5.73. The van der Waals surface area contributed by atoms with E-state index in [1.165, 1.54) is 12.8 Å². The Balaban J connectivity index is 2.08. The van der Waals surface area contributed by atoms with Gasteiger partial charge in [0.25, 0.3) is 0 Å². The third-order valence-electron chi connectivity index (χ3n) is 6.01. The van der Waals surface area contributed by atoms with E-state index in [9.17, 15) is 9.90 Å². The highest BCUT2D eigenvalue weighted by Crippen LogP contribution is 2.71. The summed E-state index contributed by atoms with van der Waals surface area (Å²) in [6.45, 7) is 7.00. The highest BCUT2D eigenvalue weighted by atomic mass is 16.4. The van der Waals surface area contributed by atoms with Crippen molar-refractivity contribution in [1.29, 1.82) is 0 Å². The van der Waals surface area contributed by atoms with Crippen LogP contribution in [0.5, 0.6) is 0 Å². The molecule has 4 rings (SSSR count). The zero-order chi connectivity index (χ0) is 11.8. The number of carbonyl (C=O) groups is 1. The zero-order valence-corrected chi connectivity index (χ0v) is 10.5. The maximum absolute atomic E-state index is 11.6. The van der Waals surface area contributed by atoms with Crippen molar-refractivity contribution in [3.05, 3.63) is 0 Å². The van der Waals surface area contributed by atoms with Crippen molar-refractivity contribution in [2.75, 3.05) is 0 Å². The molecule has 2 nitrogen and oxygen atoms in total. The Labute approximate surface area is 97.4 Å². The minimum Gasteiger partial charge on any atom is -0.481 e. The number of carboxylic acid groups (broad SMARTS) is 1. The van der Waals surface area contributed by atoms with Crippen molar-refractivity contribution in [2.24, 2.45) is 28.1 Å².